The minimum atomic E-state index is -0.441. The van der Waals surface area contributed by atoms with Crippen molar-refractivity contribution in [3.05, 3.63) is 0 Å². The van der Waals surface area contributed by atoms with Gasteiger partial charge < -0.3 is 24.3 Å². The molecule has 0 aliphatic heterocycles. The zero-order valence-corrected chi connectivity index (χ0v) is 18.5. The second-order valence-electron chi connectivity index (χ2n) is 7.39. The van der Waals surface area contributed by atoms with E-state index in [1.54, 1.807) is 7.11 Å². The molecule has 8 heteroatoms. The Labute approximate surface area is 175 Å². The van der Waals surface area contributed by atoms with E-state index in [1.807, 2.05) is 6.92 Å². The van der Waals surface area contributed by atoms with Crippen molar-refractivity contribution >= 4 is 18.0 Å². The van der Waals surface area contributed by atoms with Crippen molar-refractivity contribution in [2.24, 2.45) is 11.8 Å². The number of rotatable bonds is 17. The fourth-order valence-corrected chi connectivity index (χ4v) is 2.46. The highest BCUT2D eigenvalue weighted by Crippen LogP contribution is 2.10. The van der Waals surface area contributed by atoms with Gasteiger partial charge in [0.05, 0.1) is 19.8 Å². The van der Waals surface area contributed by atoms with E-state index < -0.39 is 6.09 Å². The zero-order chi connectivity index (χ0) is 21.9. The average molecular weight is 418 g/mol. The van der Waals surface area contributed by atoms with E-state index >= 15 is 0 Å². The van der Waals surface area contributed by atoms with Crippen LogP contribution in [0.2, 0.25) is 0 Å². The van der Waals surface area contributed by atoms with Crippen molar-refractivity contribution in [2.45, 2.75) is 65.2 Å². The molecule has 0 saturated heterocycles. The number of hydrogen-bond acceptors (Lipinski definition) is 7. The second kappa shape index (κ2) is 18.2. The molecule has 0 spiro atoms. The van der Waals surface area contributed by atoms with E-state index in [1.165, 1.54) is 7.05 Å². The average Bonchev–Trinajstić information content (AvgIpc) is 2.69. The van der Waals surface area contributed by atoms with Crippen molar-refractivity contribution in [3.63, 3.8) is 0 Å². The molecule has 0 aromatic heterocycles. The highest BCUT2D eigenvalue weighted by molar-refractivity contribution is 5.70. The quantitative estimate of drug-likeness (QED) is 0.220. The summed E-state index contributed by atoms with van der Waals surface area (Å²) in [5, 5.41) is 2.39. The van der Waals surface area contributed by atoms with E-state index in [0.29, 0.717) is 57.3 Å². The monoisotopic (exact) mass is 417 g/mol. The summed E-state index contributed by atoms with van der Waals surface area (Å²) in [5.74, 6) is 0.285. The molecule has 0 aromatic rings. The summed E-state index contributed by atoms with van der Waals surface area (Å²) in [6.45, 7) is 5.97. The molecule has 8 nitrogen and oxygen atoms in total. The number of carbonyl (C=O) groups excluding carboxylic acids is 3. The Morgan fingerprint density at radius 3 is 1.55 bits per heavy atom. The molecule has 29 heavy (non-hydrogen) atoms. The van der Waals surface area contributed by atoms with Crippen molar-refractivity contribution in [2.75, 3.05) is 40.6 Å². The number of esters is 2. The van der Waals surface area contributed by atoms with Crippen LogP contribution in [0.15, 0.2) is 0 Å². The van der Waals surface area contributed by atoms with E-state index in [0.717, 1.165) is 32.3 Å². The number of methoxy groups -OCH3 is 1. The van der Waals surface area contributed by atoms with Crippen LogP contribution < -0.4 is 5.32 Å². The summed E-state index contributed by atoms with van der Waals surface area (Å²) in [7, 11) is 3.19. The van der Waals surface area contributed by atoms with Crippen molar-refractivity contribution in [1.82, 2.24) is 5.32 Å². The summed E-state index contributed by atoms with van der Waals surface area (Å²) in [6, 6.07) is 0. The molecule has 0 aliphatic rings. The Morgan fingerprint density at radius 1 is 0.724 bits per heavy atom. The summed E-state index contributed by atoms with van der Waals surface area (Å²) in [5.41, 5.74) is 0. The maximum Gasteiger partial charge on any atom is 0.406 e. The van der Waals surface area contributed by atoms with Crippen LogP contribution in [0.1, 0.15) is 65.2 Å². The molecule has 170 valence electrons. The van der Waals surface area contributed by atoms with Gasteiger partial charge in [-0.1, -0.05) is 13.8 Å². The molecular weight excluding hydrogens is 378 g/mol. The molecule has 0 bridgehead atoms. The van der Waals surface area contributed by atoms with Crippen LogP contribution in [0.5, 0.6) is 0 Å². The lowest BCUT2D eigenvalue weighted by Gasteiger charge is -2.12. The first-order valence-corrected chi connectivity index (χ1v) is 10.5. The van der Waals surface area contributed by atoms with Gasteiger partial charge in [-0.25, -0.2) is 4.79 Å². The fraction of sp³-hybridized carbons (Fsp3) is 0.857. The minimum Gasteiger partial charge on any atom is -0.466 e. The van der Waals surface area contributed by atoms with Crippen LogP contribution in [0, 0.1) is 11.8 Å². The van der Waals surface area contributed by atoms with Gasteiger partial charge >= 0.3 is 18.0 Å². The van der Waals surface area contributed by atoms with Gasteiger partial charge in [-0.05, 0) is 50.4 Å². The van der Waals surface area contributed by atoms with Gasteiger partial charge in [0.25, 0.3) is 0 Å². The Bertz CT molecular complexity index is 456. The number of amides is 1. The highest BCUT2D eigenvalue weighted by atomic mass is 16.5. The van der Waals surface area contributed by atoms with Crippen molar-refractivity contribution in [1.29, 1.82) is 0 Å². The van der Waals surface area contributed by atoms with E-state index in [4.69, 9.17) is 18.9 Å². The van der Waals surface area contributed by atoms with Gasteiger partial charge in [0, 0.05) is 33.6 Å². The van der Waals surface area contributed by atoms with Gasteiger partial charge in [-0.2, -0.15) is 0 Å². The molecule has 2 atom stereocenters. The Balaban J connectivity index is 3.57. The van der Waals surface area contributed by atoms with Crippen LogP contribution in [-0.2, 0) is 28.5 Å². The summed E-state index contributed by atoms with van der Waals surface area (Å²) in [4.78, 5) is 34.3. The summed E-state index contributed by atoms with van der Waals surface area (Å²) < 4.78 is 20.4. The number of hydrogen-bond donors (Lipinski definition) is 1. The molecule has 1 N–H and O–H groups in total. The van der Waals surface area contributed by atoms with Crippen molar-refractivity contribution in [3.8, 4) is 0 Å². The zero-order valence-electron chi connectivity index (χ0n) is 18.5. The lowest BCUT2D eigenvalue weighted by Crippen LogP contribution is -2.20. The third-order valence-corrected chi connectivity index (χ3v) is 4.62. The number of nitrogens with one attached hydrogen (secondary N) is 1. The molecule has 1 amide bonds. The maximum absolute atomic E-state index is 11.7. The third kappa shape index (κ3) is 18.0. The van der Waals surface area contributed by atoms with E-state index in [2.05, 4.69) is 12.2 Å². The van der Waals surface area contributed by atoms with Crippen LogP contribution >= 0.6 is 0 Å². The van der Waals surface area contributed by atoms with Gasteiger partial charge in [0.1, 0.15) is 0 Å². The Hall–Kier alpha value is -1.83. The van der Waals surface area contributed by atoms with Crippen LogP contribution in [0.25, 0.3) is 0 Å². The highest BCUT2D eigenvalue weighted by Gasteiger charge is 2.09. The SMILES string of the molecule is CNC(=O)OCCC(C)CCOC(=O)CCCCC(=O)OCCC(C)CCOC. The lowest BCUT2D eigenvalue weighted by atomic mass is 10.1. The molecule has 0 fully saturated rings. The first-order chi connectivity index (χ1) is 13.9. The molecule has 0 rings (SSSR count). The van der Waals surface area contributed by atoms with Gasteiger partial charge in [0.15, 0.2) is 0 Å². The van der Waals surface area contributed by atoms with Gasteiger partial charge in [0.2, 0.25) is 0 Å². The van der Waals surface area contributed by atoms with Crippen LogP contribution in [0.4, 0.5) is 4.79 Å². The maximum atomic E-state index is 11.7. The predicted octanol–water partition coefficient (Wildman–Crippen LogP) is 3.47. The summed E-state index contributed by atoms with van der Waals surface area (Å²) >= 11 is 0. The molecule has 2 unspecified atom stereocenters. The normalized spacial score (nSPS) is 12.7. The number of alkyl carbamates (subject to hydrolysis) is 1. The molecule has 0 radical (unpaired) electrons. The Kier molecular flexibility index (Phi) is 17.1. The summed E-state index contributed by atoms with van der Waals surface area (Å²) in [6.07, 6.45) is 4.63. The molecular formula is C21H39NO7. The first kappa shape index (κ1) is 27.2. The predicted molar refractivity (Wildman–Crippen MR) is 109 cm³/mol. The molecule has 0 aromatic carbocycles. The number of ether oxygens (including phenoxy) is 4. The van der Waals surface area contributed by atoms with E-state index in [-0.39, 0.29) is 11.9 Å². The van der Waals surface area contributed by atoms with Crippen LogP contribution in [0.3, 0.4) is 0 Å². The fourth-order valence-electron chi connectivity index (χ4n) is 2.46. The number of carbonyl (C=O) groups is 3. The second-order valence-corrected chi connectivity index (χ2v) is 7.39. The standard InChI is InChI=1S/C21H39NO7/c1-17(9-13-26-4)10-14-27-19(23)7-5-6-8-20(24)28-15-11-18(2)12-16-29-21(25)22-3/h17-18H,5-16H2,1-4H3,(H,22,25). The van der Waals surface area contributed by atoms with Gasteiger partial charge in [-0.15, -0.1) is 0 Å². The largest absolute Gasteiger partial charge is 0.466 e. The van der Waals surface area contributed by atoms with Crippen LogP contribution in [-0.4, -0.2) is 58.6 Å². The molecule has 0 aliphatic carbocycles. The first-order valence-electron chi connectivity index (χ1n) is 10.5. The minimum absolute atomic E-state index is 0.217. The van der Waals surface area contributed by atoms with E-state index in [9.17, 15) is 14.4 Å². The van der Waals surface area contributed by atoms with Gasteiger partial charge in [-0.3, -0.25) is 9.59 Å². The molecule has 0 heterocycles. The topological polar surface area (TPSA) is 100 Å². The molecule has 0 saturated carbocycles. The Morgan fingerprint density at radius 2 is 1.14 bits per heavy atom. The smallest absolute Gasteiger partial charge is 0.406 e. The number of unbranched alkanes of at least 4 members (excludes halogenated alkanes) is 1. The third-order valence-electron chi connectivity index (χ3n) is 4.62. The lowest BCUT2D eigenvalue weighted by molar-refractivity contribution is -0.146. The van der Waals surface area contributed by atoms with Crippen molar-refractivity contribution < 1.29 is 33.3 Å².